The number of rotatable bonds is 5. The molecular weight excluding hydrogens is 766 g/mol. The fourth-order valence-electron chi connectivity index (χ4n) is 1.77. The Bertz CT molecular complexity index is 787. The molecule has 9 heteroatoms. The van der Waals surface area contributed by atoms with E-state index in [1.807, 2.05) is 45.2 Å². The van der Waals surface area contributed by atoms with Crippen molar-refractivity contribution in [2.45, 2.75) is 12.4 Å². The van der Waals surface area contributed by atoms with Gasteiger partial charge in [0.05, 0.1) is 14.3 Å². The quantitative estimate of drug-likeness (QED) is 0.388. The Kier molecular flexibility index (Phi) is 7.07. The molecule has 2 atom stereocenters. The number of nitrogens with two attached hydrogens (primary N) is 1. The number of halogens is 4. The number of carbonyl (C=O) groups is 1. The molecule has 0 aromatic heterocycles. The molecule has 0 aliphatic rings. The van der Waals surface area contributed by atoms with Gasteiger partial charge in [0.1, 0.15) is 17.5 Å². The molecule has 0 heterocycles. The molecule has 2 rings (SSSR count). The highest BCUT2D eigenvalue weighted by Crippen LogP contribution is 2.36. The number of phenolic OH excluding ortho intramolecular Hbond substituents is 1. The van der Waals surface area contributed by atoms with Gasteiger partial charge in [-0.25, -0.2) is 0 Å². The molecule has 0 spiro atoms. The summed E-state index contributed by atoms with van der Waals surface area (Å²) in [7, 11) is 0. The first-order valence-corrected chi connectivity index (χ1v) is 10.7. The summed E-state index contributed by atoms with van der Waals surface area (Å²) in [6.45, 7) is 0. The second kappa shape index (κ2) is 8.85. The molecule has 0 bridgehead atoms. The van der Waals surface area contributed by atoms with Crippen LogP contribution in [0.25, 0.3) is 0 Å². The summed E-state index contributed by atoms with van der Waals surface area (Å²) in [6, 6.07) is 5.57. The summed E-state index contributed by atoms with van der Waals surface area (Å²) in [5, 5.41) is 18.8. The number of benzene rings is 2. The molecule has 0 radical (unpaired) electrons. The molecule has 0 saturated carbocycles. The van der Waals surface area contributed by atoms with Crippen LogP contribution in [-0.4, -0.2) is 22.2 Å². The van der Waals surface area contributed by atoms with E-state index in [0.29, 0.717) is 24.2 Å². The van der Waals surface area contributed by atoms with Crippen LogP contribution in [0.1, 0.15) is 6.93 Å². The minimum atomic E-state index is -1.29. The van der Waals surface area contributed by atoms with Crippen molar-refractivity contribution in [3.05, 3.63) is 44.1 Å². The fourth-order valence-corrected chi connectivity index (χ4v) is 5.52. The van der Waals surface area contributed by atoms with Gasteiger partial charge in [-0.1, -0.05) is 0 Å². The molecule has 2 aromatic carbocycles. The number of ether oxygens (including phenoxy) is 1. The summed E-state index contributed by atoms with van der Waals surface area (Å²) >= 11 is 8.22. The molecule has 24 heavy (non-hydrogen) atoms. The largest absolute Gasteiger partial charge is 0.506 e. The highest BCUT2D eigenvalue weighted by molar-refractivity contribution is 14.1. The van der Waals surface area contributed by atoms with Crippen molar-refractivity contribution >= 4 is 96.3 Å². The van der Waals surface area contributed by atoms with E-state index in [1.165, 1.54) is 0 Å². The first kappa shape index (κ1) is 19.2. The maximum Gasteiger partial charge on any atom is 0.320 e. The number of hydrogen-bond acceptors (Lipinski definition) is 4. The highest BCUT2D eigenvalue weighted by atomic mass is 127. The number of aromatic hydroxyl groups is 1. The predicted molar refractivity (Wildman–Crippen MR) is 125 cm³/mol. The van der Waals surface area contributed by atoms with E-state index in [9.17, 15) is 9.90 Å². The second-order valence-corrected chi connectivity index (χ2v) is 9.33. The summed E-state index contributed by atoms with van der Waals surface area (Å²) in [5.41, 5.74) is 6.07. The molecule has 2 aromatic rings. The maximum atomic E-state index is 11.0. The van der Waals surface area contributed by atoms with Crippen LogP contribution in [0.2, 0.25) is 0 Å². The van der Waals surface area contributed by atoms with Crippen LogP contribution in [-0.2, 0) is 11.2 Å². The van der Waals surface area contributed by atoms with E-state index < -0.39 is 18.4 Å². The number of phenols is 1. The van der Waals surface area contributed by atoms with Gasteiger partial charge in [-0.3, -0.25) is 4.79 Å². The topological polar surface area (TPSA) is 92.8 Å². The van der Waals surface area contributed by atoms with Crippen molar-refractivity contribution < 1.29 is 21.1 Å². The lowest BCUT2D eigenvalue weighted by Crippen LogP contribution is -2.32. The van der Waals surface area contributed by atoms with E-state index in [0.717, 1.165) is 7.14 Å². The minimum absolute atomic E-state index is 0.216. The van der Waals surface area contributed by atoms with Crippen LogP contribution in [0.4, 0.5) is 0 Å². The van der Waals surface area contributed by atoms with Crippen LogP contribution >= 0.6 is 90.4 Å². The Morgan fingerprint density at radius 3 is 2.08 bits per heavy atom. The number of carboxylic acid groups (broad SMARTS) is 1. The van der Waals surface area contributed by atoms with E-state index in [1.54, 1.807) is 24.3 Å². The summed E-state index contributed by atoms with van der Waals surface area (Å²) in [4.78, 5) is 11.0. The van der Waals surface area contributed by atoms with Gasteiger partial charge in [-0.2, -0.15) is 0 Å². The fraction of sp³-hybridized carbons (Fsp3) is 0.133. The predicted octanol–water partition coefficient (Wildman–Crippen LogP) is 4.56. The summed E-state index contributed by atoms with van der Waals surface area (Å²) < 4.78 is 16.8. The zero-order chi connectivity index (χ0) is 18.9. The SMILES string of the molecule is [2H]C(c1cc(I)c(Oc2cc(I)c(O)c(I)c2)c(I)c1)[C@H](N)C(=O)O. The Hall–Kier alpha value is 0.390. The average molecular weight is 778 g/mol. The van der Waals surface area contributed by atoms with E-state index >= 15 is 0 Å². The zero-order valence-corrected chi connectivity index (χ0v) is 20.4. The van der Waals surface area contributed by atoms with Crippen LogP contribution in [0.3, 0.4) is 0 Å². The van der Waals surface area contributed by atoms with Crippen molar-refractivity contribution in [1.82, 2.24) is 0 Å². The standard InChI is InChI=1S/C15H11I4NO4/c16-8-4-7(5-9(17)13(8)21)24-14-10(18)1-6(2-11(14)19)3-12(20)15(22)23/h1-2,4-5,12,21H,3,20H2,(H,22,23)/t12-/m0/s1/i3D/t3?,12-. The minimum Gasteiger partial charge on any atom is -0.506 e. The van der Waals surface area contributed by atoms with E-state index in [4.69, 9.17) is 16.9 Å². The second-order valence-electron chi connectivity index (χ2n) is 4.68. The molecule has 0 aliphatic carbocycles. The molecule has 4 N–H and O–H groups in total. The summed E-state index contributed by atoms with van der Waals surface area (Å²) in [6.07, 6.45) is -1.07. The zero-order valence-electron chi connectivity index (χ0n) is 12.8. The molecule has 0 aliphatic heterocycles. The third-order valence-corrected chi connectivity index (χ3v) is 6.14. The Morgan fingerprint density at radius 2 is 1.62 bits per heavy atom. The van der Waals surface area contributed by atoms with Gasteiger partial charge in [-0.15, -0.1) is 0 Å². The van der Waals surface area contributed by atoms with Crippen LogP contribution in [0, 0.1) is 14.3 Å². The molecule has 5 nitrogen and oxygen atoms in total. The molecule has 0 fully saturated rings. The Balaban J connectivity index is 2.36. The molecule has 0 amide bonds. The van der Waals surface area contributed by atoms with Gasteiger partial charge >= 0.3 is 5.97 Å². The molecule has 0 saturated heterocycles. The monoisotopic (exact) mass is 778 g/mol. The number of carboxylic acids is 1. The number of aliphatic carboxylic acids is 1. The molecule has 128 valence electrons. The van der Waals surface area contributed by atoms with Crippen LogP contribution < -0.4 is 10.5 Å². The first-order chi connectivity index (χ1) is 11.6. The van der Waals surface area contributed by atoms with Gasteiger partial charge < -0.3 is 20.7 Å². The average Bonchev–Trinajstić information content (AvgIpc) is 2.54. The third kappa shape index (κ3) is 5.20. The lowest BCUT2D eigenvalue weighted by molar-refractivity contribution is -0.138. The van der Waals surface area contributed by atoms with Gasteiger partial charge in [-0.05, 0) is 127 Å². The Morgan fingerprint density at radius 1 is 1.12 bits per heavy atom. The van der Waals surface area contributed by atoms with Gasteiger partial charge in [0.25, 0.3) is 0 Å². The lowest BCUT2D eigenvalue weighted by Gasteiger charge is -2.14. The van der Waals surface area contributed by atoms with Gasteiger partial charge in [0, 0.05) is 1.37 Å². The summed E-state index contributed by atoms with van der Waals surface area (Å²) in [5.74, 6) is 0.199. The Labute approximate surface area is 194 Å². The van der Waals surface area contributed by atoms with Crippen molar-refractivity contribution in [2.24, 2.45) is 5.73 Å². The molecule has 1 unspecified atom stereocenters. The smallest absolute Gasteiger partial charge is 0.320 e. The normalized spacial score (nSPS) is 14.0. The van der Waals surface area contributed by atoms with Crippen LogP contribution in [0.15, 0.2) is 24.3 Å². The first-order valence-electron chi connectivity index (χ1n) is 6.95. The van der Waals surface area contributed by atoms with Crippen LogP contribution in [0.5, 0.6) is 17.2 Å². The van der Waals surface area contributed by atoms with E-state index in [2.05, 4.69) is 45.2 Å². The third-order valence-electron chi connectivity index (χ3n) is 2.89. The molecular formula is C15H11I4NO4. The maximum absolute atomic E-state index is 11.0. The van der Waals surface area contributed by atoms with E-state index in [-0.39, 0.29) is 5.75 Å². The van der Waals surface area contributed by atoms with Gasteiger partial charge in [0.15, 0.2) is 5.75 Å². The van der Waals surface area contributed by atoms with Crippen molar-refractivity contribution in [2.75, 3.05) is 0 Å². The van der Waals surface area contributed by atoms with Crippen molar-refractivity contribution in [3.63, 3.8) is 0 Å². The number of hydrogen-bond donors (Lipinski definition) is 3. The van der Waals surface area contributed by atoms with Crippen molar-refractivity contribution in [1.29, 1.82) is 0 Å². The van der Waals surface area contributed by atoms with Crippen molar-refractivity contribution in [3.8, 4) is 17.2 Å². The lowest BCUT2D eigenvalue weighted by atomic mass is 10.1. The van der Waals surface area contributed by atoms with Gasteiger partial charge in [0.2, 0.25) is 0 Å². The highest BCUT2D eigenvalue weighted by Gasteiger charge is 2.16.